The van der Waals surface area contributed by atoms with E-state index >= 15 is 0 Å². The molecular formula is C29H22ClF3N2O2. The van der Waals surface area contributed by atoms with Gasteiger partial charge >= 0.3 is 12.2 Å². The van der Waals surface area contributed by atoms with Gasteiger partial charge in [-0.05, 0) is 85.3 Å². The molecule has 2 amide bonds. The number of rotatable bonds is 5. The summed E-state index contributed by atoms with van der Waals surface area (Å²) in [5, 5.41) is 0.592. The van der Waals surface area contributed by atoms with E-state index in [0.29, 0.717) is 33.5 Å². The van der Waals surface area contributed by atoms with Gasteiger partial charge in [0.2, 0.25) is 0 Å². The molecule has 4 aromatic rings. The molecule has 1 aliphatic rings. The van der Waals surface area contributed by atoms with Crippen molar-refractivity contribution in [2.24, 2.45) is 0 Å². The number of anilines is 2. The zero-order valence-corrected chi connectivity index (χ0v) is 20.5. The molecule has 0 bridgehead atoms. The van der Waals surface area contributed by atoms with E-state index in [1.165, 1.54) is 11.0 Å². The minimum absolute atomic E-state index is 0.201. The number of halogens is 4. The van der Waals surface area contributed by atoms with Crippen molar-refractivity contribution in [3.8, 4) is 11.5 Å². The van der Waals surface area contributed by atoms with Gasteiger partial charge in [0.05, 0.1) is 18.2 Å². The molecule has 0 radical (unpaired) electrons. The maximum absolute atomic E-state index is 13.7. The van der Waals surface area contributed by atoms with Crippen LogP contribution in [-0.2, 0) is 6.18 Å². The number of carbonyl (C=O) groups excluding carboxylic acids is 1. The van der Waals surface area contributed by atoms with E-state index in [4.69, 9.17) is 16.3 Å². The van der Waals surface area contributed by atoms with Crippen LogP contribution in [0.25, 0.3) is 0 Å². The minimum Gasteiger partial charge on any atom is -0.457 e. The molecule has 1 heterocycles. The molecule has 0 aromatic heterocycles. The van der Waals surface area contributed by atoms with Crippen molar-refractivity contribution < 1.29 is 22.7 Å². The molecule has 1 saturated heterocycles. The van der Waals surface area contributed by atoms with Gasteiger partial charge in [-0.1, -0.05) is 41.4 Å². The lowest BCUT2D eigenvalue weighted by atomic mass is 10.0. The molecule has 1 unspecified atom stereocenters. The Labute approximate surface area is 217 Å². The van der Waals surface area contributed by atoms with Crippen molar-refractivity contribution >= 4 is 29.0 Å². The lowest BCUT2D eigenvalue weighted by molar-refractivity contribution is -0.137. The first kappa shape index (κ1) is 24.7. The zero-order valence-electron chi connectivity index (χ0n) is 19.7. The van der Waals surface area contributed by atoms with Crippen LogP contribution in [0.15, 0.2) is 97.1 Å². The summed E-state index contributed by atoms with van der Waals surface area (Å²) in [5.41, 5.74) is 1.92. The molecule has 0 spiro atoms. The minimum atomic E-state index is -4.49. The molecule has 8 heteroatoms. The Bertz CT molecular complexity index is 1410. The Kier molecular flexibility index (Phi) is 6.56. The number of alkyl halides is 3. The lowest BCUT2D eigenvalue weighted by Gasteiger charge is -2.24. The Balaban J connectivity index is 1.49. The summed E-state index contributed by atoms with van der Waals surface area (Å²) < 4.78 is 46.2. The molecule has 0 aliphatic carbocycles. The predicted molar refractivity (Wildman–Crippen MR) is 139 cm³/mol. The maximum Gasteiger partial charge on any atom is 0.416 e. The molecule has 37 heavy (non-hydrogen) atoms. The first-order valence-electron chi connectivity index (χ1n) is 11.6. The quantitative estimate of drug-likeness (QED) is 0.263. The first-order chi connectivity index (χ1) is 17.7. The number of ether oxygens (including phenoxy) is 1. The topological polar surface area (TPSA) is 32.8 Å². The van der Waals surface area contributed by atoms with Crippen molar-refractivity contribution in [2.75, 3.05) is 16.3 Å². The molecule has 1 fully saturated rings. The van der Waals surface area contributed by atoms with Gasteiger partial charge in [0.15, 0.2) is 0 Å². The van der Waals surface area contributed by atoms with Crippen LogP contribution < -0.4 is 14.5 Å². The third-order valence-corrected chi connectivity index (χ3v) is 6.46. The second kappa shape index (κ2) is 9.82. The van der Waals surface area contributed by atoms with Crippen molar-refractivity contribution in [1.82, 2.24) is 0 Å². The molecule has 4 nitrogen and oxygen atoms in total. The summed E-state index contributed by atoms with van der Waals surface area (Å²) in [5.74, 6) is 1.14. The highest BCUT2D eigenvalue weighted by molar-refractivity contribution is 6.30. The molecule has 1 atom stereocenters. The van der Waals surface area contributed by atoms with Crippen LogP contribution in [-0.4, -0.2) is 12.6 Å². The summed E-state index contributed by atoms with van der Waals surface area (Å²) in [6.45, 7) is 2.15. The monoisotopic (exact) mass is 522 g/mol. The summed E-state index contributed by atoms with van der Waals surface area (Å²) in [4.78, 5) is 16.8. The average molecular weight is 523 g/mol. The number of urea groups is 1. The summed E-state index contributed by atoms with van der Waals surface area (Å²) in [6.07, 6.45) is -4.49. The van der Waals surface area contributed by atoms with E-state index in [1.54, 1.807) is 59.5 Å². The van der Waals surface area contributed by atoms with Crippen LogP contribution >= 0.6 is 11.6 Å². The fraction of sp³-hybridized carbons (Fsp3) is 0.138. The molecule has 188 valence electrons. The van der Waals surface area contributed by atoms with Crippen LogP contribution in [0.5, 0.6) is 11.5 Å². The Morgan fingerprint density at radius 1 is 0.838 bits per heavy atom. The predicted octanol–water partition coefficient (Wildman–Crippen LogP) is 8.65. The Morgan fingerprint density at radius 2 is 1.43 bits per heavy atom. The van der Waals surface area contributed by atoms with Crippen LogP contribution in [0.2, 0.25) is 5.02 Å². The van der Waals surface area contributed by atoms with Crippen molar-refractivity contribution in [3.05, 3.63) is 119 Å². The lowest BCUT2D eigenvalue weighted by Crippen LogP contribution is -2.32. The number of amides is 2. The zero-order chi connectivity index (χ0) is 26.2. The number of hydrogen-bond donors (Lipinski definition) is 0. The maximum atomic E-state index is 13.7. The largest absolute Gasteiger partial charge is 0.457 e. The van der Waals surface area contributed by atoms with Crippen molar-refractivity contribution in [3.63, 3.8) is 0 Å². The van der Waals surface area contributed by atoms with Gasteiger partial charge in [0.25, 0.3) is 0 Å². The smallest absolute Gasteiger partial charge is 0.416 e. The molecule has 0 N–H and O–H groups in total. The van der Waals surface area contributed by atoms with Gasteiger partial charge in [0, 0.05) is 16.4 Å². The molecule has 4 aromatic carbocycles. The van der Waals surface area contributed by atoms with E-state index < -0.39 is 17.8 Å². The number of hydrogen-bond acceptors (Lipinski definition) is 2. The van der Waals surface area contributed by atoms with Gasteiger partial charge in [-0.3, -0.25) is 9.80 Å². The highest BCUT2D eigenvalue weighted by Gasteiger charge is 2.41. The van der Waals surface area contributed by atoms with Gasteiger partial charge in [-0.15, -0.1) is 0 Å². The summed E-state index contributed by atoms with van der Waals surface area (Å²) >= 11 is 5.93. The van der Waals surface area contributed by atoms with E-state index in [0.717, 1.165) is 17.7 Å². The van der Waals surface area contributed by atoms with E-state index in [1.807, 2.05) is 31.2 Å². The van der Waals surface area contributed by atoms with E-state index in [-0.39, 0.29) is 12.6 Å². The highest BCUT2D eigenvalue weighted by atomic mass is 35.5. The van der Waals surface area contributed by atoms with Gasteiger partial charge in [-0.25, -0.2) is 4.79 Å². The SMILES string of the molecule is Cc1ccc(N2CC(c3cccc(C(F)(F)F)c3)N(c3ccc(Oc4ccc(Cl)cc4)cc3)C2=O)cc1. The Morgan fingerprint density at radius 3 is 2.05 bits per heavy atom. The number of carbonyl (C=O) groups is 1. The number of nitrogens with zero attached hydrogens (tertiary/aromatic N) is 2. The standard InChI is InChI=1S/C29H22ClF3N2O2/c1-19-5-9-23(10-6-19)34-18-27(20-3-2-4-21(17-20)29(31,32)33)35(28(34)36)24-11-15-26(16-12-24)37-25-13-7-22(30)8-14-25/h2-17,27H,18H2,1H3. The molecular weight excluding hydrogens is 501 g/mol. The van der Waals surface area contributed by atoms with E-state index in [9.17, 15) is 18.0 Å². The normalized spacial score (nSPS) is 15.8. The second-order valence-corrected chi connectivity index (χ2v) is 9.22. The number of aryl methyl sites for hydroxylation is 1. The highest BCUT2D eigenvalue weighted by Crippen LogP contribution is 2.39. The van der Waals surface area contributed by atoms with Crippen molar-refractivity contribution in [1.29, 1.82) is 0 Å². The first-order valence-corrected chi connectivity index (χ1v) is 11.9. The van der Waals surface area contributed by atoms with Crippen LogP contribution in [0.1, 0.15) is 22.7 Å². The fourth-order valence-corrected chi connectivity index (χ4v) is 4.44. The van der Waals surface area contributed by atoms with Crippen LogP contribution in [0.4, 0.5) is 29.3 Å². The molecule has 5 rings (SSSR count). The third kappa shape index (κ3) is 5.27. The van der Waals surface area contributed by atoms with Gasteiger partial charge < -0.3 is 4.74 Å². The fourth-order valence-electron chi connectivity index (χ4n) is 4.32. The van der Waals surface area contributed by atoms with Crippen LogP contribution in [0.3, 0.4) is 0 Å². The van der Waals surface area contributed by atoms with Gasteiger partial charge in [-0.2, -0.15) is 13.2 Å². The molecule has 0 saturated carbocycles. The second-order valence-electron chi connectivity index (χ2n) is 8.79. The van der Waals surface area contributed by atoms with Gasteiger partial charge in [0.1, 0.15) is 11.5 Å². The third-order valence-electron chi connectivity index (χ3n) is 6.21. The summed E-state index contributed by atoms with van der Waals surface area (Å²) in [7, 11) is 0. The van der Waals surface area contributed by atoms with E-state index in [2.05, 4.69) is 0 Å². The Hall–Kier alpha value is -3.97. The van der Waals surface area contributed by atoms with Crippen LogP contribution in [0, 0.1) is 6.92 Å². The number of benzene rings is 4. The molecule has 1 aliphatic heterocycles. The summed E-state index contributed by atoms with van der Waals surface area (Å²) in [6, 6.07) is 25.5. The van der Waals surface area contributed by atoms with Crippen molar-refractivity contribution in [2.45, 2.75) is 19.1 Å². The average Bonchev–Trinajstić information content (AvgIpc) is 3.23.